The molecule has 13 nitrogen and oxygen atoms in total. The fraction of sp³-hybridized carbons (Fsp3) is 0.485. The zero-order valence-corrected chi connectivity index (χ0v) is 29.7. The fourth-order valence-corrected chi connectivity index (χ4v) is 7.02. The molecular weight excluding hydrogens is 655 g/mol. The van der Waals surface area contributed by atoms with Gasteiger partial charge in [-0.25, -0.2) is 9.78 Å². The van der Waals surface area contributed by atoms with Crippen molar-refractivity contribution in [1.29, 1.82) is 0 Å². The molecular formula is C33H43N7O6S2. The Labute approximate surface area is 287 Å². The maximum absolute atomic E-state index is 13.5. The maximum Gasteiger partial charge on any atom is 0.408 e. The molecule has 1 aromatic heterocycles. The van der Waals surface area contributed by atoms with Crippen molar-refractivity contribution in [1.82, 2.24) is 26.3 Å². The molecule has 0 aliphatic carbocycles. The van der Waals surface area contributed by atoms with Gasteiger partial charge in [-0.3, -0.25) is 24.2 Å². The van der Waals surface area contributed by atoms with Crippen molar-refractivity contribution in [3.63, 3.8) is 0 Å². The van der Waals surface area contributed by atoms with Gasteiger partial charge in [-0.2, -0.15) is 0 Å². The minimum atomic E-state index is -0.989. The summed E-state index contributed by atoms with van der Waals surface area (Å²) in [6, 6.07) is 7.95. The molecule has 1 aliphatic rings. The number of benzene rings is 2. The molecule has 0 fully saturated rings. The van der Waals surface area contributed by atoms with Crippen LogP contribution in [0.25, 0.3) is 21.0 Å². The predicted molar refractivity (Wildman–Crippen MR) is 191 cm³/mol. The van der Waals surface area contributed by atoms with Gasteiger partial charge in [0.05, 0.1) is 16.3 Å². The number of hydrogen-bond acceptors (Lipinski definition) is 10. The third kappa shape index (κ3) is 10.6. The molecule has 48 heavy (non-hydrogen) atoms. The number of ether oxygens (including phenoxy) is 1. The lowest BCUT2D eigenvalue weighted by molar-refractivity contribution is -0.130. The number of fused-ring (bicyclic) bond motifs is 3. The molecule has 0 radical (unpaired) electrons. The first kappa shape index (κ1) is 36.6. The van der Waals surface area contributed by atoms with Crippen LogP contribution in [0.15, 0.2) is 35.3 Å². The van der Waals surface area contributed by atoms with Gasteiger partial charge in [-0.15, -0.1) is 23.1 Å². The first-order valence-corrected chi connectivity index (χ1v) is 17.6. The SMILES string of the molecule is CC(=O)NCCCCC(NC(=O)C(C)NC(=O)CNC(=O)OC(C)(C)C)C(=O)Nc1ccc2c(ccc3nc(C4=NC(C)CS4)sc32)c1. The van der Waals surface area contributed by atoms with Gasteiger partial charge in [-0.05, 0) is 77.5 Å². The molecule has 258 valence electrons. The van der Waals surface area contributed by atoms with Crippen molar-refractivity contribution in [2.24, 2.45) is 4.99 Å². The second kappa shape index (κ2) is 16.2. The van der Waals surface area contributed by atoms with E-state index in [1.165, 1.54) is 13.8 Å². The molecule has 15 heteroatoms. The molecule has 3 atom stereocenters. The summed E-state index contributed by atoms with van der Waals surface area (Å²) in [4.78, 5) is 71.6. The van der Waals surface area contributed by atoms with Gasteiger partial charge in [0, 0.05) is 30.3 Å². The third-order valence-electron chi connectivity index (χ3n) is 7.11. The Kier molecular flexibility index (Phi) is 12.4. The number of anilines is 1. The summed E-state index contributed by atoms with van der Waals surface area (Å²) in [7, 11) is 0. The number of nitrogens with zero attached hydrogens (tertiary/aromatic N) is 2. The zero-order chi connectivity index (χ0) is 35.0. The number of rotatable bonds is 13. The molecule has 0 saturated heterocycles. The topological polar surface area (TPSA) is 180 Å². The number of amides is 5. The van der Waals surface area contributed by atoms with Gasteiger partial charge in [0.25, 0.3) is 0 Å². The van der Waals surface area contributed by atoms with E-state index in [9.17, 15) is 24.0 Å². The summed E-state index contributed by atoms with van der Waals surface area (Å²) < 4.78 is 6.16. The van der Waals surface area contributed by atoms with E-state index in [2.05, 4.69) is 33.5 Å². The molecule has 5 amide bonds. The monoisotopic (exact) mass is 697 g/mol. The highest BCUT2D eigenvalue weighted by atomic mass is 32.2. The van der Waals surface area contributed by atoms with Crippen molar-refractivity contribution in [2.75, 3.05) is 24.2 Å². The smallest absolute Gasteiger partial charge is 0.408 e. The summed E-state index contributed by atoms with van der Waals surface area (Å²) >= 11 is 3.33. The Morgan fingerprint density at radius 1 is 1.02 bits per heavy atom. The highest BCUT2D eigenvalue weighted by molar-refractivity contribution is 8.15. The van der Waals surface area contributed by atoms with Crippen LogP contribution in [0.5, 0.6) is 0 Å². The van der Waals surface area contributed by atoms with E-state index in [1.54, 1.807) is 43.9 Å². The Hall–Kier alpha value is -4.24. The molecule has 5 N–H and O–H groups in total. The highest BCUT2D eigenvalue weighted by Crippen LogP contribution is 2.35. The van der Waals surface area contributed by atoms with Crippen molar-refractivity contribution in [3.05, 3.63) is 35.3 Å². The Morgan fingerprint density at radius 3 is 2.48 bits per heavy atom. The Balaban J connectivity index is 1.41. The van der Waals surface area contributed by atoms with Gasteiger partial charge in [0.1, 0.15) is 34.3 Å². The van der Waals surface area contributed by atoms with Crippen LogP contribution in [-0.4, -0.2) is 82.3 Å². The summed E-state index contributed by atoms with van der Waals surface area (Å²) in [5.74, 6) is -0.773. The van der Waals surface area contributed by atoms with Gasteiger partial charge < -0.3 is 31.3 Å². The van der Waals surface area contributed by atoms with Crippen LogP contribution < -0.4 is 26.6 Å². The lowest BCUT2D eigenvalue weighted by Crippen LogP contribution is -2.52. The number of carbonyl (C=O) groups excluding carboxylic acids is 5. The average molecular weight is 698 g/mol. The first-order chi connectivity index (χ1) is 22.7. The molecule has 0 bridgehead atoms. The maximum atomic E-state index is 13.5. The van der Waals surface area contributed by atoms with Crippen LogP contribution in [0, 0.1) is 0 Å². The molecule has 1 aliphatic heterocycles. The van der Waals surface area contributed by atoms with Crippen LogP contribution in [-0.2, 0) is 23.9 Å². The van der Waals surface area contributed by atoms with Gasteiger partial charge >= 0.3 is 6.09 Å². The van der Waals surface area contributed by atoms with Crippen LogP contribution in [0.4, 0.5) is 10.5 Å². The van der Waals surface area contributed by atoms with E-state index in [1.807, 2.05) is 30.3 Å². The molecule has 2 aromatic carbocycles. The molecule has 3 aromatic rings. The summed E-state index contributed by atoms with van der Waals surface area (Å²) in [5, 5.41) is 17.1. The number of hydrogen-bond donors (Lipinski definition) is 5. The highest BCUT2D eigenvalue weighted by Gasteiger charge is 2.25. The van der Waals surface area contributed by atoms with Crippen LogP contribution >= 0.6 is 23.1 Å². The molecule has 0 saturated carbocycles. The average Bonchev–Trinajstić information content (AvgIpc) is 3.64. The van der Waals surface area contributed by atoms with E-state index in [-0.39, 0.29) is 18.5 Å². The second-order valence-electron chi connectivity index (χ2n) is 12.6. The quantitative estimate of drug-likeness (QED) is 0.166. The van der Waals surface area contributed by atoms with Gasteiger partial charge in [0.15, 0.2) is 0 Å². The number of thiazole rings is 1. The van der Waals surface area contributed by atoms with E-state index in [0.29, 0.717) is 31.5 Å². The van der Waals surface area contributed by atoms with Crippen molar-refractivity contribution in [2.45, 2.75) is 84.5 Å². The number of alkyl carbamates (subject to hydrolysis) is 1. The van der Waals surface area contributed by atoms with Gasteiger partial charge in [-0.1, -0.05) is 12.1 Å². The minimum Gasteiger partial charge on any atom is -0.444 e. The first-order valence-electron chi connectivity index (χ1n) is 15.8. The fourth-order valence-electron chi connectivity index (χ4n) is 4.83. The van der Waals surface area contributed by atoms with Crippen molar-refractivity contribution < 1.29 is 28.7 Å². The van der Waals surface area contributed by atoms with E-state index in [4.69, 9.17) is 14.7 Å². The standard InChI is InChI=1S/C33H43N7O6S2/c1-18-17-47-30(36-18)31-40-24-13-10-21-15-22(11-12-23(21)27(24)48-31)38-29(44)25(9-7-8-14-34-20(3)41)39-28(43)19(2)37-26(42)16-35-32(45)46-33(4,5)6/h10-13,15,18-19,25H,7-9,14,16-17H2,1-6H3,(H,34,41)(H,35,45)(H,37,42)(H,38,44)(H,39,43). The Bertz CT molecular complexity index is 1720. The molecule has 2 heterocycles. The predicted octanol–water partition coefficient (Wildman–Crippen LogP) is 4.09. The Morgan fingerprint density at radius 2 is 1.79 bits per heavy atom. The van der Waals surface area contributed by atoms with Crippen LogP contribution in [0.1, 0.15) is 65.8 Å². The summed E-state index contributed by atoms with van der Waals surface area (Å²) in [6.45, 7) is 10.2. The summed E-state index contributed by atoms with van der Waals surface area (Å²) in [6.07, 6.45) is 0.698. The number of nitrogens with one attached hydrogen (secondary N) is 5. The lowest BCUT2D eigenvalue weighted by Gasteiger charge is -2.22. The molecule has 0 spiro atoms. The normalized spacial score (nSPS) is 15.7. The van der Waals surface area contributed by atoms with Crippen molar-refractivity contribution in [3.8, 4) is 0 Å². The van der Waals surface area contributed by atoms with E-state index < -0.39 is 41.5 Å². The minimum absolute atomic E-state index is 0.146. The molecule has 3 unspecified atom stereocenters. The zero-order valence-electron chi connectivity index (χ0n) is 28.0. The van der Waals surface area contributed by atoms with Gasteiger partial charge in [0.2, 0.25) is 23.6 Å². The van der Waals surface area contributed by atoms with Crippen molar-refractivity contribution >= 4 is 84.5 Å². The summed E-state index contributed by atoms with van der Waals surface area (Å²) in [5.41, 5.74) is 0.735. The number of thioether (sulfide) groups is 1. The number of aromatic nitrogens is 1. The number of unbranched alkanes of at least 4 members (excludes halogenated alkanes) is 1. The third-order valence-corrected chi connectivity index (χ3v) is 9.57. The largest absolute Gasteiger partial charge is 0.444 e. The van der Waals surface area contributed by atoms with Crippen LogP contribution in [0.3, 0.4) is 0 Å². The number of carbonyl (C=O) groups is 5. The van der Waals surface area contributed by atoms with Crippen LogP contribution in [0.2, 0.25) is 0 Å². The lowest BCUT2D eigenvalue weighted by atomic mass is 10.1. The van der Waals surface area contributed by atoms with E-state index >= 15 is 0 Å². The second-order valence-corrected chi connectivity index (χ2v) is 14.6. The molecule has 4 rings (SSSR count). The number of aliphatic imine (C=N–C) groups is 1. The van der Waals surface area contributed by atoms with E-state index in [0.717, 1.165) is 36.8 Å².